The van der Waals surface area contributed by atoms with Gasteiger partial charge in [0.15, 0.2) is 11.5 Å². The zero-order valence-electron chi connectivity index (χ0n) is 18.6. The van der Waals surface area contributed by atoms with Crippen molar-refractivity contribution in [1.29, 1.82) is 0 Å². The van der Waals surface area contributed by atoms with Gasteiger partial charge in [-0.25, -0.2) is 0 Å². The van der Waals surface area contributed by atoms with E-state index in [-0.39, 0.29) is 22.5 Å². The third-order valence-electron chi connectivity index (χ3n) is 7.01. The molecule has 31 heavy (non-hydrogen) atoms. The van der Waals surface area contributed by atoms with Crippen molar-refractivity contribution in [2.24, 2.45) is 0 Å². The van der Waals surface area contributed by atoms with Crippen molar-refractivity contribution in [2.75, 3.05) is 27.8 Å². The molecule has 0 amide bonds. The van der Waals surface area contributed by atoms with Crippen molar-refractivity contribution in [3.63, 3.8) is 0 Å². The summed E-state index contributed by atoms with van der Waals surface area (Å²) in [4.78, 5) is 2.56. The Balaban J connectivity index is 1.57. The standard InChI is InChI=1S/C24H31NO5S/c1-17-5-8-20(9-6-17)31(26,27)30-19-11-12-24(13-14-25(2)23(24)16-19)18-7-10-21(28-3)22(15-18)29-4/h5-10,15,19,23H,11-14,16H2,1-4H3/t19-,23-,24-/m1/s1. The van der Waals surface area contributed by atoms with Crippen LogP contribution in [0, 0.1) is 6.92 Å². The van der Waals surface area contributed by atoms with Gasteiger partial charge < -0.3 is 14.4 Å². The molecule has 4 rings (SSSR count). The Morgan fingerprint density at radius 1 is 1.00 bits per heavy atom. The summed E-state index contributed by atoms with van der Waals surface area (Å²) in [7, 11) is 1.62. The molecule has 0 spiro atoms. The molecule has 1 saturated carbocycles. The van der Waals surface area contributed by atoms with Gasteiger partial charge in [0.1, 0.15) is 0 Å². The Bertz CT molecular complexity index is 1040. The van der Waals surface area contributed by atoms with E-state index in [1.165, 1.54) is 5.56 Å². The molecule has 0 unspecified atom stereocenters. The van der Waals surface area contributed by atoms with Gasteiger partial charge in [0.2, 0.25) is 0 Å². The summed E-state index contributed by atoms with van der Waals surface area (Å²) in [5.74, 6) is 1.44. The highest BCUT2D eigenvalue weighted by atomic mass is 32.2. The number of ether oxygens (including phenoxy) is 2. The first-order valence-electron chi connectivity index (χ1n) is 10.7. The topological polar surface area (TPSA) is 65.1 Å². The number of methoxy groups -OCH3 is 2. The van der Waals surface area contributed by atoms with Gasteiger partial charge in [-0.2, -0.15) is 8.42 Å². The Kier molecular flexibility index (Phi) is 6.03. The van der Waals surface area contributed by atoms with Crippen molar-refractivity contribution in [3.05, 3.63) is 53.6 Å². The van der Waals surface area contributed by atoms with Gasteiger partial charge in [-0.05, 0) is 76.0 Å². The molecular weight excluding hydrogens is 414 g/mol. The van der Waals surface area contributed by atoms with E-state index in [1.807, 2.05) is 13.0 Å². The molecule has 2 aliphatic rings. The van der Waals surface area contributed by atoms with E-state index in [1.54, 1.807) is 38.5 Å². The number of likely N-dealkylation sites (N-methyl/N-ethyl adjacent to an activating group) is 1. The fraction of sp³-hybridized carbons (Fsp3) is 0.500. The van der Waals surface area contributed by atoms with E-state index in [9.17, 15) is 8.42 Å². The molecule has 2 aromatic rings. The first-order chi connectivity index (χ1) is 14.8. The summed E-state index contributed by atoms with van der Waals surface area (Å²) in [5.41, 5.74) is 2.20. The summed E-state index contributed by atoms with van der Waals surface area (Å²) in [6, 6.07) is 13.2. The fourth-order valence-electron chi connectivity index (χ4n) is 5.26. The summed E-state index contributed by atoms with van der Waals surface area (Å²) < 4.78 is 42.3. The number of aryl methyl sites for hydroxylation is 1. The number of fused-ring (bicyclic) bond motifs is 1. The number of hydrogen-bond donors (Lipinski definition) is 0. The van der Waals surface area contributed by atoms with E-state index in [0.717, 1.165) is 30.7 Å². The molecule has 2 fully saturated rings. The molecule has 7 heteroatoms. The lowest BCUT2D eigenvalue weighted by Crippen LogP contribution is -2.48. The maximum Gasteiger partial charge on any atom is 0.297 e. The van der Waals surface area contributed by atoms with Crippen molar-refractivity contribution >= 4 is 10.1 Å². The van der Waals surface area contributed by atoms with Crippen LogP contribution < -0.4 is 9.47 Å². The first kappa shape index (κ1) is 22.1. The van der Waals surface area contributed by atoms with Crippen LogP contribution in [0.1, 0.15) is 36.8 Å². The minimum atomic E-state index is -3.78. The van der Waals surface area contributed by atoms with Crippen LogP contribution in [0.25, 0.3) is 0 Å². The third kappa shape index (κ3) is 4.06. The van der Waals surface area contributed by atoms with E-state index in [2.05, 4.69) is 24.1 Å². The molecule has 1 aliphatic heterocycles. The second-order valence-electron chi connectivity index (χ2n) is 8.73. The molecule has 1 saturated heterocycles. The van der Waals surface area contributed by atoms with Crippen LogP contribution in [-0.4, -0.2) is 53.3 Å². The van der Waals surface area contributed by atoms with Crippen molar-refractivity contribution < 1.29 is 22.1 Å². The van der Waals surface area contributed by atoms with E-state index < -0.39 is 10.1 Å². The molecule has 6 nitrogen and oxygen atoms in total. The number of rotatable bonds is 6. The Hall–Kier alpha value is -2.09. The number of nitrogens with zero attached hydrogens (tertiary/aromatic N) is 1. The van der Waals surface area contributed by atoms with E-state index >= 15 is 0 Å². The maximum atomic E-state index is 12.8. The number of likely N-dealkylation sites (tertiary alicyclic amines) is 1. The van der Waals surface area contributed by atoms with Gasteiger partial charge in [-0.1, -0.05) is 23.8 Å². The zero-order chi connectivity index (χ0) is 22.2. The Morgan fingerprint density at radius 2 is 1.71 bits per heavy atom. The first-order valence-corrected chi connectivity index (χ1v) is 12.1. The molecule has 0 aromatic heterocycles. The van der Waals surface area contributed by atoms with Gasteiger partial charge in [0, 0.05) is 11.5 Å². The highest BCUT2D eigenvalue weighted by molar-refractivity contribution is 7.86. The summed E-state index contributed by atoms with van der Waals surface area (Å²) >= 11 is 0. The van der Waals surface area contributed by atoms with Gasteiger partial charge in [-0.3, -0.25) is 4.18 Å². The van der Waals surface area contributed by atoms with E-state index in [4.69, 9.17) is 13.7 Å². The highest BCUT2D eigenvalue weighted by Crippen LogP contribution is 2.50. The van der Waals surface area contributed by atoms with Crippen LogP contribution in [-0.2, 0) is 19.7 Å². The molecule has 2 aromatic carbocycles. The average Bonchev–Trinajstić information content (AvgIpc) is 3.10. The smallest absolute Gasteiger partial charge is 0.297 e. The summed E-state index contributed by atoms with van der Waals surface area (Å²) in [5, 5.41) is 0. The molecule has 168 valence electrons. The Labute approximate surface area is 185 Å². The fourth-order valence-corrected chi connectivity index (χ4v) is 6.37. The van der Waals surface area contributed by atoms with Crippen molar-refractivity contribution in [3.8, 4) is 11.5 Å². The quantitative estimate of drug-likeness (QED) is 0.628. The van der Waals surface area contributed by atoms with Gasteiger partial charge >= 0.3 is 0 Å². The average molecular weight is 446 g/mol. The molecule has 0 radical (unpaired) electrons. The largest absolute Gasteiger partial charge is 0.493 e. The molecule has 1 heterocycles. The van der Waals surface area contributed by atoms with Crippen LogP contribution in [0.2, 0.25) is 0 Å². The monoisotopic (exact) mass is 445 g/mol. The number of hydrogen-bond acceptors (Lipinski definition) is 6. The molecule has 1 aliphatic carbocycles. The lowest BCUT2D eigenvalue weighted by atomic mass is 9.65. The van der Waals surface area contributed by atoms with Crippen LogP contribution in [0.15, 0.2) is 47.4 Å². The maximum absolute atomic E-state index is 12.8. The lowest BCUT2D eigenvalue weighted by Gasteiger charge is -2.44. The van der Waals surface area contributed by atoms with Crippen molar-refractivity contribution in [2.45, 2.75) is 55.1 Å². The second kappa shape index (κ2) is 8.45. The van der Waals surface area contributed by atoms with Gasteiger partial charge in [0.25, 0.3) is 10.1 Å². The third-order valence-corrected chi connectivity index (χ3v) is 8.39. The molecule has 0 bridgehead atoms. The molecular formula is C24H31NO5S. The summed E-state index contributed by atoms with van der Waals surface area (Å²) in [6.07, 6.45) is 2.94. The predicted molar refractivity (Wildman–Crippen MR) is 119 cm³/mol. The molecule has 0 N–H and O–H groups in total. The number of benzene rings is 2. The predicted octanol–water partition coefficient (Wildman–Crippen LogP) is 3.91. The van der Waals surface area contributed by atoms with E-state index in [0.29, 0.717) is 18.6 Å². The Morgan fingerprint density at radius 3 is 2.39 bits per heavy atom. The lowest BCUT2D eigenvalue weighted by molar-refractivity contribution is 0.0768. The highest BCUT2D eigenvalue weighted by Gasteiger charge is 2.51. The van der Waals surface area contributed by atoms with Gasteiger partial charge in [0.05, 0.1) is 25.2 Å². The van der Waals surface area contributed by atoms with Crippen LogP contribution >= 0.6 is 0 Å². The normalized spacial score (nSPS) is 26.5. The summed E-state index contributed by atoms with van der Waals surface area (Å²) in [6.45, 7) is 2.90. The SMILES string of the molecule is COc1ccc([C@]23CC[C@@H](OS(=O)(=O)c4ccc(C)cc4)C[C@H]2N(C)CC3)cc1OC. The zero-order valence-corrected chi connectivity index (χ0v) is 19.4. The van der Waals surface area contributed by atoms with Crippen molar-refractivity contribution in [1.82, 2.24) is 4.90 Å². The molecule has 3 atom stereocenters. The van der Waals surface area contributed by atoms with Crippen LogP contribution in [0.3, 0.4) is 0 Å². The second-order valence-corrected chi connectivity index (χ2v) is 10.3. The van der Waals surface area contributed by atoms with Crippen LogP contribution in [0.5, 0.6) is 11.5 Å². The minimum absolute atomic E-state index is 0.0399. The van der Waals surface area contributed by atoms with Crippen LogP contribution in [0.4, 0.5) is 0 Å². The van der Waals surface area contributed by atoms with Gasteiger partial charge in [-0.15, -0.1) is 0 Å². The minimum Gasteiger partial charge on any atom is -0.493 e.